The van der Waals surface area contributed by atoms with Crippen LogP contribution in [-0.2, 0) is 4.79 Å². The van der Waals surface area contributed by atoms with Gasteiger partial charge in [0.1, 0.15) is 6.04 Å². The minimum absolute atomic E-state index is 0.176. The molecule has 2 amide bonds. The second kappa shape index (κ2) is 9.22. The number of anilines is 1. The number of amides is 2. The molecule has 6 nitrogen and oxygen atoms in total. The van der Waals surface area contributed by atoms with E-state index in [0.717, 1.165) is 11.3 Å². The highest BCUT2D eigenvalue weighted by atomic mass is 32.2. The van der Waals surface area contributed by atoms with Gasteiger partial charge in [-0.15, -0.1) is 11.8 Å². The number of thioether (sulfide) groups is 1. The molecule has 3 rings (SSSR count). The van der Waals surface area contributed by atoms with Crippen molar-refractivity contribution in [2.75, 3.05) is 30.7 Å². The van der Waals surface area contributed by atoms with Crippen molar-refractivity contribution < 1.29 is 19.1 Å². The summed E-state index contributed by atoms with van der Waals surface area (Å²) in [4.78, 5) is 27.6. The molecule has 1 aliphatic rings. The molecule has 1 unspecified atom stereocenters. The van der Waals surface area contributed by atoms with Crippen molar-refractivity contribution in [1.82, 2.24) is 4.90 Å². The zero-order chi connectivity index (χ0) is 21.0. The predicted octanol–water partition coefficient (Wildman–Crippen LogP) is 3.86. The molecule has 1 N–H and O–H groups in total. The number of rotatable bonds is 6. The van der Waals surface area contributed by atoms with Gasteiger partial charge in [0, 0.05) is 17.0 Å². The number of carbonyl (C=O) groups excluding carboxylic acids is 2. The second-order valence-corrected chi connectivity index (χ2v) is 7.88. The molecular formula is C22H26N2O4S. The summed E-state index contributed by atoms with van der Waals surface area (Å²) >= 11 is 1.57. The van der Waals surface area contributed by atoms with Crippen LogP contribution in [0.1, 0.15) is 28.4 Å². The Bertz CT molecular complexity index is 916. The normalized spacial score (nSPS) is 15.9. The summed E-state index contributed by atoms with van der Waals surface area (Å²) in [7, 11) is 1.54. The molecule has 0 saturated carbocycles. The van der Waals surface area contributed by atoms with Gasteiger partial charge < -0.3 is 19.7 Å². The van der Waals surface area contributed by atoms with Crippen LogP contribution in [0.2, 0.25) is 0 Å². The Labute approximate surface area is 175 Å². The Balaban J connectivity index is 1.76. The first-order valence-electron chi connectivity index (χ1n) is 9.52. The third kappa shape index (κ3) is 4.67. The maximum absolute atomic E-state index is 13.1. The fourth-order valence-corrected chi connectivity index (χ4v) is 4.30. The average molecular weight is 415 g/mol. The molecule has 7 heteroatoms. The first kappa shape index (κ1) is 21.0. The zero-order valence-corrected chi connectivity index (χ0v) is 18.0. The Kier molecular flexibility index (Phi) is 6.69. The van der Waals surface area contributed by atoms with E-state index < -0.39 is 6.04 Å². The highest BCUT2D eigenvalue weighted by Crippen LogP contribution is 2.30. The fourth-order valence-electron chi connectivity index (χ4n) is 3.15. The quantitative estimate of drug-likeness (QED) is 0.777. The van der Waals surface area contributed by atoms with Gasteiger partial charge in [0.2, 0.25) is 5.91 Å². The van der Waals surface area contributed by atoms with Crippen molar-refractivity contribution in [2.45, 2.75) is 26.8 Å². The topological polar surface area (TPSA) is 67.9 Å². The van der Waals surface area contributed by atoms with Crippen LogP contribution >= 0.6 is 11.8 Å². The summed E-state index contributed by atoms with van der Waals surface area (Å²) < 4.78 is 10.9. The molecule has 0 spiro atoms. The number of aryl methyl sites for hydroxylation is 2. The van der Waals surface area contributed by atoms with Crippen LogP contribution in [0.5, 0.6) is 11.5 Å². The summed E-state index contributed by atoms with van der Waals surface area (Å²) in [6.07, 6.45) is 0. The van der Waals surface area contributed by atoms with Crippen LogP contribution in [0.4, 0.5) is 5.69 Å². The maximum Gasteiger partial charge on any atom is 0.255 e. The van der Waals surface area contributed by atoms with E-state index in [1.165, 1.54) is 12.7 Å². The minimum atomic E-state index is -0.522. The largest absolute Gasteiger partial charge is 0.493 e. The summed E-state index contributed by atoms with van der Waals surface area (Å²) in [5, 5.41) is 2.95. The van der Waals surface area contributed by atoms with E-state index >= 15 is 0 Å². The van der Waals surface area contributed by atoms with Crippen LogP contribution in [-0.4, -0.2) is 48.1 Å². The first-order valence-corrected chi connectivity index (χ1v) is 10.7. The summed E-state index contributed by atoms with van der Waals surface area (Å²) in [6.45, 7) is 6.43. The number of hydrogen-bond acceptors (Lipinski definition) is 5. The number of ether oxygens (including phenoxy) is 2. The highest BCUT2D eigenvalue weighted by molar-refractivity contribution is 7.99. The lowest BCUT2D eigenvalue weighted by atomic mass is 10.1. The van der Waals surface area contributed by atoms with Gasteiger partial charge >= 0.3 is 0 Å². The SMILES string of the molecule is CCOc1ccc(C(=O)N2CSCC2C(=O)Nc2ccc(C)c(C)c2)cc1OC. The standard InChI is InChI=1S/C22H26N2O4S/c1-5-28-19-9-7-16(11-20(19)27-4)22(26)24-13-29-12-18(24)21(25)23-17-8-6-14(2)15(3)10-17/h6-11,18H,5,12-13H2,1-4H3,(H,23,25). The van der Waals surface area contributed by atoms with Crippen molar-refractivity contribution in [2.24, 2.45) is 0 Å². The van der Waals surface area contributed by atoms with Gasteiger partial charge in [-0.2, -0.15) is 0 Å². The van der Waals surface area contributed by atoms with E-state index in [1.807, 2.05) is 39.0 Å². The Morgan fingerprint density at radius 1 is 1.14 bits per heavy atom. The molecule has 154 valence electrons. The van der Waals surface area contributed by atoms with E-state index in [-0.39, 0.29) is 11.8 Å². The molecule has 1 saturated heterocycles. The number of nitrogens with zero attached hydrogens (tertiary/aromatic N) is 1. The number of hydrogen-bond donors (Lipinski definition) is 1. The molecule has 29 heavy (non-hydrogen) atoms. The molecule has 1 heterocycles. The third-order valence-corrected chi connectivity index (χ3v) is 5.94. The predicted molar refractivity (Wildman–Crippen MR) is 116 cm³/mol. The van der Waals surface area contributed by atoms with Gasteiger partial charge in [0.15, 0.2) is 11.5 Å². The number of benzene rings is 2. The number of nitrogens with one attached hydrogen (secondary N) is 1. The van der Waals surface area contributed by atoms with Crippen LogP contribution in [0, 0.1) is 13.8 Å². The van der Waals surface area contributed by atoms with Crippen molar-refractivity contribution in [3.63, 3.8) is 0 Å². The van der Waals surface area contributed by atoms with E-state index in [2.05, 4.69) is 5.32 Å². The highest BCUT2D eigenvalue weighted by Gasteiger charge is 2.35. The molecule has 0 aliphatic carbocycles. The zero-order valence-electron chi connectivity index (χ0n) is 17.2. The van der Waals surface area contributed by atoms with Crippen LogP contribution < -0.4 is 14.8 Å². The Morgan fingerprint density at radius 3 is 2.62 bits per heavy atom. The van der Waals surface area contributed by atoms with Gasteiger partial charge in [-0.1, -0.05) is 6.07 Å². The van der Waals surface area contributed by atoms with E-state index in [4.69, 9.17) is 9.47 Å². The van der Waals surface area contributed by atoms with E-state index in [1.54, 1.807) is 34.9 Å². The van der Waals surface area contributed by atoms with Crippen molar-refractivity contribution in [3.05, 3.63) is 53.1 Å². The summed E-state index contributed by atoms with van der Waals surface area (Å²) in [5.41, 5.74) is 3.49. The molecule has 0 bridgehead atoms. The van der Waals surface area contributed by atoms with Crippen molar-refractivity contribution >= 4 is 29.3 Å². The summed E-state index contributed by atoms with van der Waals surface area (Å²) in [5.74, 6) is 1.75. The van der Waals surface area contributed by atoms with E-state index in [9.17, 15) is 9.59 Å². The maximum atomic E-state index is 13.1. The first-order chi connectivity index (χ1) is 13.9. The van der Waals surface area contributed by atoms with Crippen molar-refractivity contribution in [3.8, 4) is 11.5 Å². The molecule has 0 aromatic heterocycles. The Morgan fingerprint density at radius 2 is 1.93 bits per heavy atom. The monoisotopic (exact) mass is 414 g/mol. The van der Waals surface area contributed by atoms with Crippen LogP contribution in [0.25, 0.3) is 0 Å². The molecule has 0 radical (unpaired) electrons. The summed E-state index contributed by atoms with van der Waals surface area (Å²) in [6, 6.07) is 10.4. The van der Waals surface area contributed by atoms with Gasteiger partial charge in [-0.25, -0.2) is 0 Å². The minimum Gasteiger partial charge on any atom is -0.493 e. The average Bonchev–Trinajstić information content (AvgIpc) is 3.21. The lowest BCUT2D eigenvalue weighted by Gasteiger charge is -2.23. The van der Waals surface area contributed by atoms with Crippen molar-refractivity contribution in [1.29, 1.82) is 0 Å². The van der Waals surface area contributed by atoms with Gasteiger partial charge in [-0.3, -0.25) is 9.59 Å². The fraction of sp³-hybridized carbons (Fsp3) is 0.364. The molecule has 2 aromatic carbocycles. The van der Waals surface area contributed by atoms with Gasteiger partial charge in [0.25, 0.3) is 5.91 Å². The molecule has 1 aliphatic heterocycles. The van der Waals surface area contributed by atoms with E-state index in [0.29, 0.717) is 35.3 Å². The van der Waals surface area contributed by atoms with Gasteiger partial charge in [0.05, 0.1) is 19.6 Å². The number of methoxy groups -OCH3 is 1. The van der Waals surface area contributed by atoms with Gasteiger partial charge in [-0.05, 0) is 62.2 Å². The second-order valence-electron chi connectivity index (χ2n) is 6.88. The Hall–Kier alpha value is -2.67. The molecule has 2 aromatic rings. The lowest BCUT2D eigenvalue weighted by molar-refractivity contribution is -0.119. The van der Waals surface area contributed by atoms with Crippen LogP contribution in [0.15, 0.2) is 36.4 Å². The third-order valence-electron chi connectivity index (χ3n) is 4.93. The molecular weight excluding hydrogens is 388 g/mol. The van der Waals surface area contributed by atoms with Crippen LogP contribution in [0.3, 0.4) is 0 Å². The molecule has 1 fully saturated rings. The number of carbonyl (C=O) groups is 2. The lowest BCUT2D eigenvalue weighted by Crippen LogP contribution is -2.44. The smallest absolute Gasteiger partial charge is 0.255 e. The molecule has 1 atom stereocenters.